The molecule has 0 saturated heterocycles. The molecule has 0 aliphatic heterocycles. The minimum absolute atomic E-state index is 0.628. The fourth-order valence-electron chi connectivity index (χ4n) is 1.59. The predicted molar refractivity (Wildman–Crippen MR) is 76.2 cm³/mol. The molecule has 17 heavy (non-hydrogen) atoms. The molecule has 0 atom stereocenters. The van der Waals surface area contributed by atoms with Gasteiger partial charge in [0.25, 0.3) is 0 Å². The number of thiophene rings is 1. The van der Waals surface area contributed by atoms with Crippen LogP contribution in [0.1, 0.15) is 0 Å². The van der Waals surface area contributed by atoms with Gasteiger partial charge in [-0.2, -0.15) is 0 Å². The normalized spacial score (nSPS) is 10.9. The molecule has 0 spiro atoms. The Morgan fingerprint density at radius 2 is 1.88 bits per heavy atom. The standard InChI is InChI=1S/C12H7BrN2S2/c13-8-3-1-7(2-4-8)10-5-9-11(17-10)12(16)15-6-14-9/h1-6H,(H,14,15,16)/p-1. The van der Waals surface area contributed by atoms with Gasteiger partial charge in [0, 0.05) is 9.35 Å². The molecule has 0 fully saturated rings. The molecule has 0 amide bonds. The number of fused-ring (bicyclic) bond motifs is 1. The molecule has 5 heteroatoms. The number of hydrogen-bond acceptors (Lipinski definition) is 4. The van der Waals surface area contributed by atoms with Crippen molar-refractivity contribution >= 4 is 50.1 Å². The van der Waals surface area contributed by atoms with Gasteiger partial charge in [0.2, 0.25) is 0 Å². The van der Waals surface area contributed by atoms with E-state index in [9.17, 15) is 0 Å². The van der Waals surface area contributed by atoms with Crippen molar-refractivity contribution in [2.24, 2.45) is 0 Å². The van der Waals surface area contributed by atoms with Crippen LogP contribution in [0, 0.1) is 0 Å². The Balaban J connectivity index is 2.18. The van der Waals surface area contributed by atoms with Crippen molar-refractivity contribution < 1.29 is 0 Å². The quantitative estimate of drug-likeness (QED) is 0.500. The first-order valence-corrected chi connectivity index (χ1v) is 6.93. The number of hydrogen-bond donors (Lipinski definition) is 0. The van der Waals surface area contributed by atoms with E-state index in [2.05, 4.69) is 44.1 Å². The maximum absolute atomic E-state index is 5.19. The summed E-state index contributed by atoms with van der Waals surface area (Å²) in [6.45, 7) is 0. The van der Waals surface area contributed by atoms with Gasteiger partial charge in [0.15, 0.2) is 0 Å². The van der Waals surface area contributed by atoms with Crippen molar-refractivity contribution in [1.82, 2.24) is 9.97 Å². The van der Waals surface area contributed by atoms with Crippen LogP contribution in [0.2, 0.25) is 0 Å². The van der Waals surface area contributed by atoms with Gasteiger partial charge in [0.05, 0.1) is 10.2 Å². The Bertz CT molecular complexity index is 677. The summed E-state index contributed by atoms with van der Waals surface area (Å²) in [6, 6.07) is 10.3. The molecule has 1 aromatic carbocycles. The summed E-state index contributed by atoms with van der Waals surface area (Å²) in [7, 11) is 0. The number of nitrogens with zero attached hydrogens (tertiary/aromatic N) is 2. The van der Waals surface area contributed by atoms with Gasteiger partial charge in [-0.05, 0) is 23.8 Å². The molecule has 2 nitrogen and oxygen atoms in total. The van der Waals surface area contributed by atoms with Crippen molar-refractivity contribution in [3.05, 3.63) is 41.1 Å². The zero-order valence-corrected chi connectivity index (χ0v) is 11.8. The van der Waals surface area contributed by atoms with Crippen LogP contribution in [0.3, 0.4) is 0 Å². The molecule has 0 aliphatic carbocycles. The lowest BCUT2D eigenvalue weighted by Gasteiger charge is -2.02. The second-order valence-corrected chi connectivity index (χ2v) is 5.87. The highest BCUT2D eigenvalue weighted by molar-refractivity contribution is 9.10. The van der Waals surface area contributed by atoms with E-state index >= 15 is 0 Å². The molecule has 2 heterocycles. The lowest BCUT2D eigenvalue weighted by molar-refractivity contribution is 1.12. The minimum atomic E-state index is 0.628. The Kier molecular flexibility index (Phi) is 2.82. The third kappa shape index (κ3) is 2.06. The Morgan fingerprint density at radius 3 is 2.59 bits per heavy atom. The van der Waals surface area contributed by atoms with Gasteiger partial charge in [0.1, 0.15) is 6.33 Å². The third-order valence-corrected chi connectivity index (χ3v) is 4.55. The van der Waals surface area contributed by atoms with Crippen molar-refractivity contribution in [3.8, 4) is 10.4 Å². The van der Waals surface area contributed by atoms with Crippen molar-refractivity contribution in [2.75, 3.05) is 0 Å². The van der Waals surface area contributed by atoms with E-state index in [4.69, 9.17) is 12.6 Å². The first-order valence-electron chi connectivity index (χ1n) is 4.91. The van der Waals surface area contributed by atoms with Crippen LogP contribution < -0.4 is 0 Å². The van der Waals surface area contributed by atoms with Crippen LogP contribution in [0.15, 0.2) is 46.2 Å². The SMILES string of the molecule is [S-]c1ncnc2cc(-c3ccc(Br)cc3)sc12. The van der Waals surface area contributed by atoms with Gasteiger partial charge in [-0.25, -0.2) is 4.98 Å². The lowest BCUT2D eigenvalue weighted by Crippen LogP contribution is -1.80. The number of rotatable bonds is 1. The van der Waals surface area contributed by atoms with Crippen molar-refractivity contribution in [2.45, 2.75) is 5.03 Å². The highest BCUT2D eigenvalue weighted by atomic mass is 79.9. The van der Waals surface area contributed by atoms with Gasteiger partial charge >= 0.3 is 0 Å². The average Bonchev–Trinajstić information content (AvgIpc) is 2.75. The van der Waals surface area contributed by atoms with Crippen molar-refractivity contribution in [1.29, 1.82) is 0 Å². The largest absolute Gasteiger partial charge is 0.759 e. The predicted octanol–water partition coefficient (Wildman–Crippen LogP) is 4.03. The molecule has 3 rings (SSSR count). The molecule has 0 N–H and O–H groups in total. The topological polar surface area (TPSA) is 25.8 Å². The fraction of sp³-hybridized carbons (Fsp3) is 0. The van der Waals surface area contributed by atoms with Crippen LogP contribution in [0.25, 0.3) is 20.7 Å². The molecule has 0 unspecified atom stereocenters. The minimum Gasteiger partial charge on any atom is -0.759 e. The van der Waals surface area contributed by atoms with E-state index in [1.54, 1.807) is 11.3 Å². The molecule has 2 aromatic heterocycles. The summed E-state index contributed by atoms with van der Waals surface area (Å²) in [4.78, 5) is 9.43. The van der Waals surface area contributed by atoms with Crippen LogP contribution in [0.5, 0.6) is 0 Å². The van der Waals surface area contributed by atoms with E-state index < -0.39 is 0 Å². The molecular weight excluding hydrogens is 316 g/mol. The summed E-state index contributed by atoms with van der Waals surface area (Å²) in [6.07, 6.45) is 1.52. The van der Waals surface area contributed by atoms with E-state index in [0.717, 1.165) is 14.7 Å². The number of halogens is 1. The Labute approximate surface area is 116 Å². The van der Waals surface area contributed by atoms with E-state index in [1.807, 2.05) is 12.1 Å². The number of benzene rings is 1. The van der Waals surface area contributed by atoms with E-state index in [0.29, 0.717) is 5.03 Å². The molecular formula is C12H6BrN2S2-. The molecule has 0 aliphatic rings. The summed E-state index contributed by atoms with van der Waals surface area (Å²) in [5, 5.41) is 0.628. The summed E-state index contributed by atoms with van der Waals surface area (Å²) < 4.78 is 2.06. The van der Waals surface area contributed by atoms with Gasteiger partial charge in [-0.3, -0.25) is 4.98 Å². The summed E-state index contributed by atoms with van der Waals surface area (Å²) >= 11 is 10.3. The Morgan fingerprint density at radius 1 is 1.12 bits per heavy atom. The first kappa shape index (κ1) is 11.1. The number of aromatic nitrogens is 2. The molecule has 0 saturated carbocycles. The third-order valence-electron chi connectivity index (χ3n) is 2.41. The second-order valence-electron chi connectivity index (χ2n) is 3.51. The zero-order chi connectivity index (χ0) is 11.8. The molecule has 84 valence electrons. The summed E-state index contributed by atoms with van der Waals surface area (Å²) in [5.41, 5.74) is 2.10. The molecule has 3 aromatic rings. The van der Waals surface area contributed by atoms with Crippen LogP contribution in [-0.4, -0.2) is 9.97 Å². The maximum Gasteiger partial charge on any atom is 0.114 e. The second kappa shape index (κ2) is 4.33. The zero-order valence-electron chi connectivity index (χ0n) is 8.55. The smallest absolute Gasteiger partial charge is 0.114 e. The van der Waals surface area contributed by atoms with Gasteiger partial charge < -0.3 is 12.6 Å². The lowest BCUT2D eigenvalue weighted by atomic mass is 10.2. The Hall–Kier alpha value is -1.04. The van der Waals surface area contributed by atoms with E-state index in [-0.39, 0.29) is 0 Å². The van der Waals surface area contributed by atoms with Gasteiger partial charge in [-0.1, -0.05) is 33.1 Å². The molecule has 0 bridgehead atoms. The van der Waals surface area contributed by atoms with E-state index in [1.165, 1.54) is 16.8 Å². The van der Waals surface area contributed by atoms with Crippen LogP contribution in [-0.2, 0) is 12.6 Å². The highest BCUT2D eigenvalue weighted by Crippen LogP contribution is 2.34. The first-order chi connectivity index (χ1) is 8.24. The summed E-state index contributed by atoms with van der Waals surface area (Å²) in [5.74, 6) is 0. The van der Waals surface area contributed by atoms with Gasteiger partial charge in [-0.15, -0.1) is 11.3 Å². The fourth-order valence-corrected chi connectivity index (χ4v) is 3.13. The maximum atomic E-state index is 5.19. The average molecular weight is 322 g/mol. The van der Waals surface area contributed by atoms with Crippen LogP contribution in [0.4, 0.5) is 0 Å². The molecule has 0 radical (unpaired) electrons. The highest BCUT2D eigenvalue weighted by Gasteiger charge is 2.05. The van der Waals surface area contributed by atoms with Crippen LogP contribution >= 0.6 is 27.3 Å². The monoisotopic (exact) mass is 321 g/mol. The van der Waals surface area contributed by atoms with Crippen molar-refractivity contribution in [3.63, 3.8) is 0 Å².